The Morgan fingerprint density at radius 1 is 1.30 bits per heavy atom. The third-order valence-electron chi connectivity index (χ3n) is 3.97. The van der Waals surface area contributed by atoms with Crippen molar-refractivity contribution in [2.75, 3.05) is 18.4 Å². The molecular weight excluding hydrogens is 250 g/mol. The van der Waals surface area contributed by atoms with E-state index in [-0.39, 0.29) is 11.8 Å². The largest absolute Gasteiger partial charge is 0.324 e. The van der Waals surface area contributed by atoms with Crippen LogP contribution in [0.1, 0.15) is 12.6 Å². The lowest BCUT2D eigenvalue weighted by Gasteiger charge is -2.15. The molecule has 1 aromatic heterocycles. The number of amides is 1. The van der Waals surface area contributed by atoms with Crippen LogP contribution in [0.2, 0.25) is 0 Å². The van der Waals surface area contributed by atoms with E-state index >= 15 is 0 Å². The monoisotopic (exact) mass is 269 g/mol. The smallest absolute Gasteiger partial charge is 0.229 e. The molecule has 104 valence electrons. The molecule has 2 unspecified atom stereocenters. The molecule has 1 aromatic carbocycles. The van der Waals surface area contributed by atoms with E-state index in [1.807, 2.05) is 37.3 Å². The highest BCUT2D eigenvalue weighted by molar-refractivity contribution is 6.01. The van der Waals surface area contributed by atoms with E-state index in [4.69, 9.17) is 0 Å². The van der Waals surface area contributed by atoms with Gasteiger partial charge in [-0.1, -0.05) is 25.1 Å². The minimum atomic E-state index is 0.0371. The number of fused-ring (bicyclic) bond motifs is 1. The van der Waals surface area contributed by atoms with E-state index in [0.717, 1.165) is 35.4 Å². The predicted molar refractivity (Wildman–Crippen MR) is 80.6 cm³/mol. The Morgan fingerprint density at radius 3 is 2.90 bits per heavy atom. The summed E-state index contributed by atoms with van der Waals surface area (Å²) in [5, 5.41) is 7.35. The third kappa shape index (κ3) is 2.39. The number of anilines is 1. The molecule has 1 amide bonds. The van der Waals surface area contributed by atoms with Crippen LogP contribution in [0.25, 0.3) is 10.9 Å². The van der Waals surface area contributed by atoms with Crippen molar-refractivity contribution < 1.29 is 4.79 Å². The molecule has 4 nitrogen and oxygen atoms in total. The zero-order valence-electron chi connectivity index (χ0n) is 11.8. The average Bonchev–Trinajstić information content (AvgIpc) is 2.86. The topological polar surface area (TPSA) is 54.0 Å². The zero-order chi connectivity index (χ0) is 14.1. The molecule has 1 saturated heterocycles. The van der Waals surface area contributed by atoms with Crippen LogP contribution < -0.4 is 10.6 Å². The Balaban J connectivity index is 1.90. The number of aromatic nitrogens is 1. The second-order valence-corrected chi connectivity index (χ2v) is 5.56. The number of aryl methyl sites for hydroxylation is 1. The van der Waals surface area contributed by atoms with Gasteiger partial charge >= 0.3 is 0 Å². The van der Waals surface area contributed by atoms with E-state index in [0.29, 0.717) is 5.92 Å². The fourth-order valence-electron chi connectivity index (χ4n) is 2.73. The lowest BCUT2D eigenvalue weighted by Crippen LogP contribution is -2.28. The summed E-state index contributed by atoms with van der Waals surface area (Å²) in [5.41, 5.74) is 2.62. The Kier molecular flexibility index (Phi) is 3.40. The lowest BCUT2D eigenvalue weighted by molar-refractivity contribution is -0.120. The maximum absolute atomic E-state index is 12.4. The zero-order valence-corrected chi connectivity index (χ0v) is 11.8. The quantitative estimate of drug-likeness (QED) is 0.880. The van der Waals surface area contributed by atoms with Gasteiger partial charge in [-0.3, -0.25) is 9.78 Å². The first-order valence-corrected chi connectivity index (χ1v) is 7.03. The SMILES string of the molecule is Cc1ccc2cccc(NC(=O)C3CNCC3C)c2n1. The van der Waals surface area contributed by atoms with Crippen LogP contribution in [0, 0.1) is 18.8 Å². The van der Waals surface area contributed by atoms with Crippen molar-refractivity contribution in [2.45, 2.75) is 13.8 Å². The highest BCUT2D eigenvalue weighted by atomic mass is 16.1. The molecule has 0 spiro atoms. The van der Waals surface area contributed by atoms with Gasteiger partial charge in [0.2, 0.25) is 5.91 Å². The summed E-state index contributed by atoms with van der Waals surface area (Å²) in [6, 6.07) is 9.89. The van der Waals surface area contributed by atoms with Crippen LogP contribution >= 0.6 is 0 Å². The van der Waals surface area contributed by atoms with Crippen molar-refractivity contribution in [1.82, 2.24) is 10.3 Å². The average molecular weight is 269 g/mol. The van der Waals surface area contributed by atoms with Gasteiger partial charge in [0.15, 0.2) is 0 Å². The second-order valence-electron chi connectivity index (χ2n) is 5.56. The summed E-state index contributed by atoms with van der Waals surface area (Å²) in [7, 11) is 0. The summed E-state index contributed by atoms with van der Waals surface area (Å²) < 4.78 is 0. The van der Waals surface area contributed by atoms with Gasteiger partial charge in [-0.25, -0.2) is 0 Å². The number of nitrogens with zero attached hydrogens (tertiary/aromatic N) is 1. The van der Waals surface area contributed by atoms with E-state index < -0.39 is 0 Å². The summed E-state index contributed by atoms with van der Waals surface area (Å²) in [4.78, 5) is 16.9. The van der Waals surface area contributed by atoms with Crippen LogP contribution in [0.4, 0.5) is 5.69 Å². The van der Waals surface area contributed by atoms with Crippen molar-refractivity contribution in [3.8, 4) is 0 Å². The fraction of sp³-hybridized carbons (Fsp3) is 0.375. The van der Waals surface area contributed by atoms with E-state index in [2.05, 4.69) is 22.5 Å². The molecule has 4 heteroatoms. The molecule has 0 saturated carbocycles. The molecular formula is C16H19N3O. The maximum atomic E-state index is 12.4. The van der Waals surface area contributed by atoms with Crippen LogP contribution in [0.15, 0.2) is 30.3 Å². The Morgan fingerprint density at radius 2 is 2.15 bits per heavy atom. The van der Waals surface area contributed by atoms with Gasteiger partial charge in [0.05, 0.1) is 17.1 Å². The Bertz CT molecular complexity index is 653. The summed E-state index contributed by atoms with van der Waals surface area (Å²) in [5.74, 6) is 0.494. The van der Waals surface area contributed by atoms with Gasteiger partial charge < -0.3 is 10.6 Å². The van der Waals surface area contributed by atoms with Gasteiger partial charge in [-0.2, -0.15) is 0 Å². The number of rotatable bonds is 2. The summed E-state index contributed by atoms with van der Waals surface area (Å²) >= 11 is 0. The summed E-state index contributed by atoms with van der Waals surface area (Å²) in [6.45, 7) is 5.73. The standard InChI is InChI=1S/C16H19N3O/c1-10-8-17-9-13(10)16(20)19-14-5-3-4-12-7-6-11(2)18-15(12)14/h3-7,10,13,17H,8-9H2,1-2H3,(H,19,20). The molecule has 1 fully saturated rings. The molecule has 0 bridgehead atoms. The highest BCUT2D eigenvalue weighted by Gasteiger charge is 2.29. The van der Waals surface area contributed by atoms with Crippen LogP contribution in [-0.2, 0) is 4.79 Å². The first-order valence-electron chi connectivity index (χ1n) is 7.03. The number of pyridine rings is 1. The molecule has 2 aromatic rings. The minimum absolute atomic E-state index is 0.0371. The molecule has 2 heterocycles. The number of carbonyl (C=O) groups excluding carboxylic acids is 1. The number of benzene rings is 1. The molecule has 1 aliphatic heterocycles. The predicted octanol–water partition coefficient (Wildman–Crippen LogP) is 2.34. The lowest BCUT2D eigenvalue weighted by atomic mass is 9.97. The third-order valence-corrected chi connectivity index (χ3v) is 3.97. The molecule has 2 atom stereocenters. The van der Waals surface area contributed by atoms with Crippen LogP contribution in [0.3, 0.4) is 0 Å². The molecule has 2 N–H and O–H groups in total. The second kappa shape index (κ2) is 5.21. The number of nitrogens with one attached hydrogen (secondary N) is 2. The van der Waals surface area contributed by atoms with Crippen molar-refractivity contribution in [2.24, 2.45) is 11.8 Å². The van der Waals surface area contributed by atoms with Crippen molar-refractivity contribution in [1.29, 1.82) is 0 Å². The van der Waals surface area contributed by atoms with Crippen molar-refractivity contribution >= 4 is 22.5 Å². The maximum Gasteiger partial charge on any atom is 0.229 e. The molecule has 0 aliphatic carbocycles. The van der Waals surface area contributed by atoms with Crippen LogP contribution in [-0.4, -0.2) is 24.0 Å². The van der Waals surface area contributed by atoms with E-state index in [1.165, 1.54) is 0 Å². The highest BCUT2D eigenvalue weighted by Crippen LogP contribution is 2.24. The van der Waals surface area contributed by atoms with Crippen molar-refractivity contribution in [3.05, 3.63) is 36.0 Å². The van der Waals surface area contributed by atoms with E-state index in [1.54, 1.807) is 0 Å². The van der Waals surface area contributed by atoms with E-state index in [9.17, 15) is 4.79 Å². The first kappa shape index (κ1) is 13.1. The molecule has 20 heavy (non-hydrogen) atoms. The van der Waals surface area contributed by atoms with Gasteiger partial charge in [-0.05, 0) is 31.5 Å². The normalized spacial score (nSPS) is 22.1. The van der Waals surface area contributed by atoms with Gasteiger partial charge in [0.25, 0.3) is 0 Å². The molecule has 0 radical (unpaired) electrons. The molecule has 3 rings (SSSR count). The fourth-order valence-corrected chi connectivity index (χ4v) is 2.73. The number of hydrogen-bond donors (Lipinski definition) is 2. The van der Waals surface area contributed by atoms with Gasteiger partial charge in [-0.15, -0.1) is 0 Å². The van der Waals surface area contributed by atoms with Gasteiger partial charge in [0.1, 0.15) is 0 Å². The number of hydrogen-bond acceptors (Lipinski definition) is 3. The first-order chi connectivity index (χ1) is 9.65. The summed E-state index contributed by atoms with van der Waals surface area (Å²) in [6.07, 6.45) is 0. The number of carbonyl (C=O) groups is 1. The van der Waals surface area contributed by atoms with Crippen molar-refractivity contribution in [3.63, 3.8) is 0 Å². The minimum Gasteiger partial charge on any atom is -0.324 e. The Hall–Kier alpha value is -1.94. The van der Waals surface area contributed by atoms with Gasteiger partial charge in [0, 0.05) is 17.6 Å². The van der Waals surface area contributed by atoms with Crippen LogP contribution in [0.5, 0.6) is 0 Å². The molecule has 1 aliphatic rings. The Labute approximate surface area is 118 Å². The number of para-hydroxylation sites is 1.